The Hall–Kier alpha value is -1.91. The number of carbonyl (C=O) groups is 2. The van der Waals surface area contributed by atoms with Crippen molar-refractivity contribution in [3.05, 3.63) is 23.5 Å². The molecule has 0 saturated carbocycles. The maximum atomic E-state index is 12.6. The first-order valence-corrected chi connectivity index (χ1v) is 12.3. The van der Waals surface area contributed by atoms with E-state index in [4.69, 9.17) is 4.74 Å². The van der Waals surface area contributed by atoms with Gasteiger partial charge in [-0.3, -0.25) is 0 Å². The highest BCUT2D eigenvalue weighted by molar-refractivity contribution is 7.87. The van der Waals surface area contributed by atoms with Gasteiger partial charge < -0.3 is 9.47 Å². The van der Waals surface area contributed by atoms with E-state index < -0.39 is 30.2 Å². The maximum absolute atomic E-state index is 12.6. The number of carbonyl (C=O) groups excluding carboxylic acids is 2. The predicted octanol–water partition coefficient (Wildman–Crippen LogP) is 0.661. The van der Waals surface area contributed by atoms with Gasteiger partial charge in [0.05, 0.1) is 22.3 Å². The lowest BCUT2D eigenvalue weighted by Crippen LogP contribution is -2.43. The molecule has 0 radical (unpaired) electrons. The number of hydrogen-bond donors (Lipinski definition) is 0. The molecule has 0 aliphatic carbocycles. The fraction of sp³-hybridized carbons (Fsp3) is 0.467. The van der Waals surface area contributed by atoms with Crippen molar-refractivity contribution in [2.24, 2.45) is 0 Å². The van der Waals surface area contributed by atoms with Gasteiger partial charge in [0, 0.05) is 26.4 Å². The van der Waals surface area contributed by atoms with Crippen LogP contribution in [0.1, 0.15) is 16.1 Å². The van der Waals surface area contributed by atoms with Gasteiger partial charge in [0.15, 0.2) is 0 Å². The molecule has 1 aromatic heterocycles. The van der Waals surface area contributed by atoms with Gasteiger partial charge in [0.1, 0.15) is 5.69 Å². The van der Waals surface area contributed by atoms with Crippen LogP contribution in [0.15, 0.2) is 12.3 Å². The van der Waals surface area contributed by atoms with Gasteiger partial charge in [-0.05, 0) is 16.8 Å². The first-order valence-electron chi connectivity index (χ1n) is 7.41. The third kappa shape index (κ3) is 4.38. The second-order valence-corrected chi connectivity index (χ2v) is 13.5. The Balaban J connectivity index is 3.87. The Bertz CT molecular complexity index is 803. The molecule has 1 rings (SSSR count). The monoisotopic (exact) mass is 388 g/mol. The summed E-state index contributed by atoms with van der Waals surface area (Å²) in [6.45, 7) is 5.91. The van der Waals surface area contributed by atoms with Gasteiger partial charge in [-0.15, -0.1) is 0 Å². The molecule has 0 saturated heterocycles. The van der Waals surface area contributed by atoms with E-state index in [0.29, 0.717) is 10.8 Å². The fourth-order valence-corrected chi connectivity index (χ4v) is 5.31. The smallest absolute Gasteiger partial charge is 0.355 e. The van der Waals surface area contributed by atoms with Gasteiger partial charge in [-0.25, -0.2) is 13.6 Å². The van der Waals surface area contributed by atoms with E-state index in [0.717, 1.165) is 8.28 Å². The zero-order chi connectivity index (χ0) is 19.6. The van der Waals surface area contributed by atoms with Crippen LogP contribution in [-0.2, 0) is 24.5 Å². The summed E-state index contributed by atoms with van der Waals surface area (Å²) >= 11 is 0. The quantitative estimate of drug-likeness (QED) is 0.404. The third-order valence-electron chi connectivity index (χ3n) is 3.44. The Morgan fingerprint density at radius 3 is 2.12 bits per heavy atom. The molecule has 0 aliphatic heterocycles. The van der Waals surface area contributed by atoms with Crippen molar-refractivity contribution in [3.8, 4) is 0 Å². The second-order valence-electron chi connectivity index (χ2n) is 6.49. The van der Waals surface area contributed by atoms with Crippen molar-refractivity contribution in [1.82, 2.24) is 8.28 Å². The highest BCUT2D eigenvalue weighted by Gasteiger charge is 2.35. The summed E-state index contributed by atoms with van der Waals surface area (Å²) in [7, 11) is -0.955. The van der Waals surface area contributed by atoms with E-state index in [2.05, 4.69) is 4.74 Å². The van der Waals surface area contributed by atoms with Crippen LogP contribution in [-0.4, -0.2) is 65.0 Å². The summed E-state index contributed by atoms with van der Waals surface area (Å²) in [6, 6.07) is 0. The topological polar surface area (TPSA) is 94.9 Å². The molecule has 140 valence electrons. The van der Waals surface area contributed by atoms with Crippen LogP contribution in [0, 0.1) is 0 Å². The zero-order valence-corrected chi connectivity index (χ0v) is 17.3. The maximum Gasteiger partial charge on any atom is 0.355 e. The number of hydrogen-bond acceptors (Lipinski definition) is 6. The largest absolute Gasteiger partial charge is 0.466 e. The van der Waals surface area contributed by atoms with Crippen LogP contribution in [0.5, 0.6) is 0 Å². The molecule has 0 fully saturated rings. The first-order chi connectivity index (χ1) is 11.4. The van der Waals surface area contributed by atoms with Gasteiger partial charge in [0.25, 0.3) is 0 Å². The van der Waals surface area contributed by atoms with E-state index in [9.17, 15) is 18.0 Å². The standard InChI is InChI=1S/C15H24N2O6SSi/c1-16(2)24(20,21)17-10-11(8-9-12(18)22-3)14(25(5,6)7)13(17)15(19)23-4/h8-10H,1-7H3/b9-8+. The third-order valence-corrected chi connectivity index (χ3v) is 7.17. The summed E-state index contributed by atoms with van der Waals surface area (Å²) in [6.07, 6.45) is 3.97. The van der Waals surface area contributed by atoms with Gasteiger partial charge >= 0.3 is 22.1 Å². The molecular formula is C15H24N2O6SSi. The summed E-state index contributed by atoms with van der Waals surface area (Å²) in [5.41, 5.74) is 0.426. The number of aromatic nitrogens is 1. The summed E-state index contributed by atoms with van der Waals surface area (Å²) in [5, 5.41) is 0.588. The predicted molar refractivity (Wildman–Crippen MR) is 97.8 cm³/mol. The molecule has 1 heterocycles. The minimum atomic E-state index is -3.95. The molecule has 0 amide bonds. The molecule has 25 heavy (non-hydrogen) atoms. The average molecular weight is 389 g/mol. The molecule has 0 aliphatic rings. The second kappa shape index (κ2) is 7.54. The Labute approximate surface area is 149 Å². The van der Waals surface area contributed by atoms with E-state index >= 15 is 0 Å². The average Bonchev–Trinajstić information content (AvgIpc) is 2.91. The van der Waals surface area contributed by atoms with Crippen molar-refractivity contribution in [2.75, 3.05) is 28.3 Å². The minimum absolute atomic E-state index is 0.0418. The van der Waals surface area contributed by atoms with Gasteiger partial charge in [-0.2, -0.15) is 12.7 Å². The van der Waals surface area contributed by atoms with Crippen molar-refractivity contribution in [3.63, 3.8) is 0 Å². The van der Waals surface area contributed by atoms with Crippen LogP contribution < -0.4 is 5.19 Å². The lowest BCUT2D eigenvalue weighted by molar-refractivity contribution is -0.134. The van der Waals surface area contributed by atoms with Crippen molar-refractivity contribution in [1.29, 1.82) is 0 Å². The van der Waals surface area contributed by atoms with E-state index in [1.165, 1.54) is 46.7 Å². The van der Waals surface area contributed by atoms with Crippen LogP contribution in [0.3, 0.4) is 0 Å². The highest BCUT2D eigenvalue weighted by atomic mass is 32.2. The summed E-state index contributed by atoms with van der Waals surface area (Å²) < 4.78 is 36.6. The molecule has 1 aromatic rings. The Morgan fingerprint density at radius 2 is 1.72 bits per heavy atom. The summed E-state index contributed by atoms with van der Waals surface area (Å²) in [5.74, 6) is -1.33. The molecule has 10 heteroatoms. The van der Waals surface area contributed by atoms with Gasteiger partial charge in [-0.1, -0.05) is 19.6 Å². The lowest BCUT2D eigenvalue weighted by atomic mass is 10.2. The van der Waals surface area contributed by atoms with Crippen LogP contribution in [0.4, 0.5) is 0 Å². The molecule has 0 N–H and O–H groups in total. The number of nitrogens with zero attached hydrogens (tertiary/aromatic N) is 2. The first kappa shape index (κ1) is 21.1. The highest BCUT2D eigenvalue weighted by Crippen LogP contribution is 2.19. The molecule has 0 unspecified atom stereocenters. The fourth-order valence-electron chi connectivity index (χ4n) is 2.29. The van der Waals surface area contributed by atoms with Crippen LogP contribution >= 0.6 is 0 Å². The summed E-state index contributed by atoms with van der Waals surface area (Å²) in [4.78, 5) is 23.8. The molecule has 0 spiro atoms. The number of rotatable bonds is 6. The zero-order valence-electron chi connectivity index (χ0n) is 15.5. The number of ether oxygens (including phenoxy) is 2. The Kier molecular flexibility index (Phi) is 6.37. The minimum Gasteiger partial charge on any atom is -0.466 e. The molecular weight excluding hydrogens is 364 g/mol. The van der Waals surface area contributed by atoms with E-state index in [1.807, 2.05) is 19.6 Å². The van der Waals surface area contributed by atoms with E-state index in [-0.39, 0.29) is 5.69 Å². The molecule has 0 bridgehead atoms. The van der Waals surface area contributed by atoms with Crippen molar-refractivity contribution < 1.29 is 27.5 Å². The Morgan fingerprint density at radius 1 is 1.16 bits per heavy atom. The van der Waals surface area contributed by atoms with Crippen molar-refractivity contribution >= 4 is 41.5 Å². The van der Waals surface area contributed by atoms with Crippen molar-refractivity contribution in [2.45, 2.75) is 19.6 Å². The molecule has 0 aromatic carbocycles. The number of methoxy groups -OCH3 is 2. The van der Waals surface area contributed by atoms with Gasteiger partial charge in [0.2, 0.25) is 0 Å². The normalized spacial score (nSPS) is 12.6. The van der Waals surface area contributed by atoms with E-state index in [1.54, 1.807) is 0 Å². The molecule has 8 nitrogen and oxygen atoms in total. The number of esters is 2. The van der Waals surface area contributed by atoms with Crippen LogP contribution in [0.2, 0.25) is 19.6 Å². The lowest BCUT2D eigenvalue weighted by Gasteiger charge is -2.20. The molecule has 0 atom stereocenters. The van der Waals surface area contributed by atoms with Crippen LogP contribution in [0.25, 0.3) is 6.08 Å². The SMILES string of the molecule is COC(=O)/C=C/c1cn(S(=O)(=O)N(C)C)c(C(=O)OC)c1[Si](C)(C)C.